The molecule has 3 N–H and O–H groups in total. The fraction of sp³-hybridized carbons (Fsp3) is 0.353. The number of benzene rings is 1. The Morgan fingerprint density at radius 1 is 1.20 bits per heavy atom. The number of carbonyl (C=O) groups excluding carboxylic acids is 1. The normalized spacial score (nSPS) is 12.9. The van der Waals surface area contributed by atoms with Crippen molar-refractivity contribution in [3.05, 3.63) is 53.9 Å². The zero-order chi connectivity index (χ0) is 18.1. The Bertz CT molecular complexity index is 651. The van der Waals surface area contributed by atoms with Gasteiger partial charge in [0.1, 0.15) is 18.8 Å². The van der Waals surface area contributed by atoms with Crippen LogP contribution in [0, 0.1) is 0 Å². The molecule has 0 aliphatic rings. The fourth-order valence-electron chi connectivity index (χ4n) is 1.98. The van der Waals surface area contributed by atoms with Crippen LogP contribution in [0.5, 0.6) is 6.01 Å². The van der Waals surface area contributed by atoms with E-state index in [1.165, 1.54) is 12.4 Å². The lowest BCUT2D eigenvalue weighted by molar-refractivity contribution is 0.0179. The maximum atomic E-state index is 11.6. The fourth-order valence-corrected chi connectivity index (χ4v) is 1.98. The molecule has 2 aromatic rings. The van der Waals surface area contributed by atoms with Crippen LogP contribution in [0.3, 0.4) is 0 Å². The molecule has 0 radical (unpaired) electrons. The first-order valence-corrected chi connectivity index (χ1v) is 7.85. The third kappa shape index (κ3) is 6.02. The molecule has 8 nitrogen and oxygen atoms in total. The highest BCUT2D eigenvalue weighted by Crippen LogP contribution is 2.16. The Morgan fingerprint density at radius 2 is 1.88 bits per heavy atom. The maximum Gasteiger partial charge on any atom is 0.407 e. The number of carbonyl (C=O) groups is 1. The molecule has 0 aliphatic carbocycles. The van der Waals surface area contributed by atoms with Crippen LogP contribution in [-0.4, -0.2) is 45.5 Å². The van der Waals surface area contributed by atoms with Crippen LogP contribution in [0.1, 0.15) is 24.2 Å². The van der Waals surface area contributed by atoms with Gasteiger partial charge in [-0.2, -0.15) is 0 Å². The number of rotatable bonds is 8. The minimum Gasteiger partial charge on any atom is -0.464 e. The maximum absolute atomic E-state index is 11.6. The van der Waals surface area contributed by atoms with Crippen LogP contribution in [-0.2, 0) is 11.3 Å². The molecule has 0 aliphatic heterocycles. The lowest BCUT2D eigenvalue weighted by Gasteiger charge is -2.18. The number of hydrogen-bond donors (Lipinski definition) is 3. The summed E-state index contributed by atoms with van der Waals surface area (Å²) in [4.78, 5) is 19.5. The molecule has 1 aromatic carbocycles. The molecule has 1 heterocycles. The Kier molecular flexibility index (Phi) is 7.12. The second kappa shape index (κ2) is 9.55. The zero-order valence-corrected chi connectivity index (χ0v) is 13.8. The number of alkyl carbamates (subject to hydrolysis) is 1. The van der Waals surface area contributed by atoms with E-state index in [9.17, 15) is 15.0 Å². The van der Waals surface area contributed by atoms with Crippen LogP contribution in [0.4, 0.5) is 4.79 Å². The SMILES string of the molecule is CCOc1ncc(C(O)C(O)CNC(=O)OCc2ccccc2)cn1. The Morgan fingerprint density at radius 3 is 2.52 bits per heavy atom. The van der Waals surface area contributed by atoms with E-state index in [1.54, 1.807) is 6.92 Å². The number of nitrogens with one attached hydrogen (secondary N) is 1. The number of hydrogen-bond acceptors (Lipinski definition) is 7. The van der Waals surface area contributed by atoms with Gasteiger partial charge in [-0.15, -0.1) is 0 Å². The van der Waals surface area contributed by atoms with Gasteiger partial charge in [-0.1, -0.05) is 30.3 Å². The van der Waals surface area contributed by atoms with Gasteiger partial charge in [-0.05, 0) is 12.5 Å². The van der Waals surface area contributed by atoms with E-state index in [-0.39, 0.29) is 19.2 Å². The first kappa shape index (κ1) is 18.6. The Balaban J connectivity index is 1.76. The molecule has 2 atom stereocenters. The molecule has 2 rings (SSSR count). The molecule has 8 heteroatoms. The summed E-state index contributed by atoms with van der Waals surface area (Å²) in [7, 11) is 0. The number of ether oxygens (including phenoxy) is 2. The molecule has 0 spiro atoms. The van der Waals surface area contributed by atoms with Crippen LogP contribution in [0.15, 0.2) is 42.7 Å². The van der Waals surface area contributed by atoms with Crippen molar-refractivity contribution in [3.8, 4) is 6.01 Å². The van der Waals surface area contributed by atoms with E-state index in [4.69, 9.17) is 9.47 Å². The molecule has 1 amide bonds. The van der Waals surface area contributed by atoms with E-state index in [1.807, 2.05) is 30.3 Å². The molecule has 25 heavy (non-hydrogen) atoms. The minimum atomic E-state index is -1.25. The molecule has 1 aromatic heterocycles. The highest BCUT2D eigenvalue weighted by molar-refractivity contribution is 5.67. The summed E-state index contributed by atoms with van der Waals surface area (Å²) in [6.07, 6.45) is -0.437. The summed E-state index contributed by atoms with van der Waals surface area (Å²) in [6.45, 7) is 2.18. The van der Waals surface area contributed by atoms with Gasteiger partial charge in [0.25, 0.3) is 0 Å². The first-order valence-electron chi connectivity index (χ1n) is 7.85. The number of aromatic nitrogens is 2. The minimum absolute atomic E-state index is 0.123. The standard InChI is InChI=1S/C17H21N3O5/c1-2-24-16-18-8-13(9-19-16)15(22)14(21)10-20-17(23)25-11-12-6-4-3-5-7-12/h3-9,14-15,21-22H,2,10-11H2,1H3,(H,20,23). The Hall–Kier alpha value is -2.71. The van der Waals surface area contributed by atoms with Gasteiger partial charge in [-0.3, -0.25) is 0 Å². The van der Waals surface area contributed by atoms with E-state index >= 15 is 0 Å². The van der Waals surface area contributed by atoms with Gasteiger partial charge in [-0.25, -0.2) is 14.8 Å². The van der Waals surface area contributed by atoms with E-state index in [0.29, 0.717) is 12.2 Å². The smallest absolute Gasteiger partial charge is 0.407 e. The molecular formula is C17H21N3O5. The lowest BCUT2D eigenvalue weighted by Crippen LogP contribution is -2.35. The van der Waals surface area contributed by atoms with Crippen LogP contribution >= 0.6 is 0 Å². The van der Waals surface area contributed by atoms with Gasteiger partial charge >= 0.3 is 12.1 Å². The van der Waals surface area contributed by atoms with Crippen molar-refractivity contribution < 1.29 is 24.5 Å². The van der Waals surface area contributed by atoms with Gasteiger partial charge in [0.2, 0.25) is 0 Å². The predicted molar refractivity (Wildman–Crippen MR) is 88.8 cm³/mol. The molecule has 0 saturated heterocycles. The third-order valence-electron chi connectivity index (χ3n) is 3.30. The number of aliphatic hydroxyl groups is 2. The van der Waals surface area contributed by atoms with Crippen LogP contribution in [0.25, 0.3) is 0 Å². The van der Waals surface area contributed by atoms with Gasteiger partial charge in [0.15, 0.2) is 0 Å². The summed E-state index contributed by atoms with van der Waals surface area (Å²) >= 11 is 0. The van der Waals surface area contributed by atoms with E-state index < -0.39 is 18.3 Å². The summed E-state index contributed by atoms with van der Waals surface area (Å²) in [5, 5.41) is 22.4. The summed E-state index contributed by atoms with van der Waals surface area (Å²) in [5.41, 5.74) is 1.17. The van der Waals surface area contributed by atoms with Gasteiger partial charge < -0.3 is 25.0 Å². The zero-order valence-electron chi connectivity index (χ0n) is 13.8. The number of nitrogens with zero attached hydrogens (tertiary/aromatic N) is 2. The van der Waals surface area contributed by atoms with Crippen LogP contribution < -0.4 is 10.1 Å². The van der Waals surface area contributed by atoms with Crippen molar-refractivity contribution in [3.63, 3.8) is 0 Å². The predicted octanol–water partition coefficient (Wildman–Crippen LogP) is 1.20. The monoisotopic (exact) mass is 347 g/mol. The number of amides is 1. The quantitative estimate of drug-likeness (QED) is 0.657. The van der Waals surface area contributed by atoms with Crippen molar-refractivity contribution in [1.82, 2.24) is 15.3 Å². The molecule has 2 unspecified atom stereocenters. The van der Waals surface area contributed by atoms with Crippen molar-refractivity contribution in [2.45, 2.75) is 25.7 Å². The lowest BCUT2D eigenvalue weighted by atomic mass is 10.1. The van der Waals surface area contributed by atoms with E-state index in [0.717, 1.165) is 5.56 Å². The Labute approximate surface area is 145 Å². The molecule has 0 bridgehead atoms. The largest absolute Gasteiger partial charge is 0.464 e. The highest BCUT2D eigenvalue weighted by Gasteiger charge is 2.20. The van der Waals surface area contributed by atoms with E-state index in [2.05, 4.69) is 15.3 Å². The molecular weight excluding hydrogens is 326 g/mol. The van der Waals surface area contributed by atoms with Crippen molar-refractivity contribution in [2.75, 3.05) is 13.2 Å². The van der Waals surface area contributed by atoms with Crippen molar-refractivity contribution in [1.29, 1.82) is 0 Å². The van der Waals surface area contributed by atoms with Crippen molar-refractivity contribution >= 4 is 6.09 Å². The molecule has 0 fully saturated rings. The second-order valence-corrected chi connectivity index (χ2v) is 5.19. The van der Waals surface area contributed by atoms with Crippen molar-refractivity contribution in [2.24, 2.45) is 0 Å². The van der Waals surface area contributed by atoms with Gasteiger partial charge in [0.05, 0.1) is 6.61 Å². The summed E-state index contributed by atoms with van der Waals surface area (Å²) in [5.74, 6) is 0. The van der Waals surface area contributed by atoms with Gasteiger partial charge in [0, 0.05) is 24.5 Å². The molecule has 134 valence electrons. The third-order valence-corrected chi connectivity index (χ3v) is 3.30. The molecule has 0 saturated carbocycles. The average molecular weight is 347 g/mol. The second-order valence-electron chi connectivity index (χ2n) is 5.19. The topological polar surface area (TPSA) is 114 Å². The summed E-state index contributed by atoms with van der Waals surface area (Å²) in [6, 6.07) is 9.41. The number of aliphatic hydroxyl groups excluding tert-OH is 2. The first-order chi connectivity index (χ1) is 12.1. The highest BCUT2D eigenvalue weighted by atomic mass is 16.5. The van der Waals surface area contributed by atoms with Crippen LogP contribution in [0.2, 0.25) is 0 Å². The average Bonchev–Trinajstić information content (AvgIpc) is 2.65. The summed E-state index contributed by atoms with van der Waals surface area (Å²) < 4.78 is 10.1.